The SMILES string of the molecule is O=C(O)[C@H]1C[C@H]1C(=O)N(Cc1ccsc1)C1CC1. The quantitative estimate of drug-likeness (QED) is 0.885. The molecule has 18 heavy (non-hydrogen) atoms. The zero-order valence-corrected chi connectivity index (χ0v) is 10.7. The van der Waals surface area contributed by atoms with Crippen molar-refractivity contribution in [2.75, 3.05) is 0 Å². The van der Waals surface area contributed by atoms with Gasteiger partial charge in [0, 0.05) is 12.6 Å². The molecular weight excluding hydrogens is 250 g/mol. The van der Waals surface area contributed by atoms with Crippen LogP contribution in [0.2, 0.25) is 0 Å². The first kappa shape index (κ1) is 11.7. The van der Waals surface area contributed by atoms with Crippen molar-refractivity contribution in [2.45, 2.75) is 31.8 Å². The highest BCUT2D eigenvalue weighted by molar-refractivity contribution is 7.07. The molecule has 2 aliphatic carbocycles. The smallest absolute Gasteiger partial charge is 0.307 e. The maximum Gasteiger partial charge on any atom is 0.307 e. The molecule has 0 unspecified atom stereocenters. The van der Waals surface area contributed by atoms with E-state index in [2.05, 4.69) is 0 Å². The number of carbonyl (C=O) groups is 2. The molecule has 1 aromatic heterocycles. The molecule has 1 heterocycles. The minimum absolute atomic E-state index is 0.0381. The van der Waals surface area contributed by atoms with E-state index in [1.54, 1.807) is 11.3 Å². The predicted octanol–water partition coefficient (Wildman–Crippen LogP) is 1.96. The molecule has 4 nitrogen and oxygen atoms in total. The van der Waals surface area contributed by atoms with Crippen LogP contribution in [0.4, 0.5) is 0 Å². The number of carboxylic acid groups (broad SMARTS) is 1. The van der Waals surface area contributed by atoms with Gasteiger partial charge in [-0.25, -0.2) is 0 Å². The van der Waals surface area contributed by atoms with Crippen molar-refractivity contribution in [2.24, 2.45) is 11.8 Å². The molecule has 0 aromatic carbocycles. The Labute approximate surface area is 109 Å². The Kier molecular flexibility index (Phi) is 2.86. The summed E-state index contributed by atoms with van der Waals surface area (Å²) >= 11 is 1.62. The van der Waals surface area contributed by atoms with Crippen molar-refractivity contribution in [1.82, 2.24) is 4.90 Å². The van der Waals surface area contributed by atoms with Gasteiger partial charge in [-0.1, -0.05) is 0 Å². The molecule has 1 amide bonds. The second kappa shape index (κ2) is 4.39. The van der Waals surface area contributed by atoms with Crippen LogP contribution in [0.3, 0.4) is 0 Å². The summed E-state index contributed by atoms with van der Waals surface area (Å²) in [6.07, 6.45) is 2.63. The van der Waals surface area contributed by atoms with Gasteiger partial charge in [-0.15, -0.1) is 0 Å². The van der Waals surface area contributed by atoms with Crippen LogP contribution in [0, 0.1) is 11.8 Å². The van der Waals surface area contributed by atoms with Gasteiger partial charge in [0.15, 0.2) is 0 Å². The number of hydrogen-bond acceptors (Lipinski definition) is 3. The standard InChI is InChI=1S/C13H15NO3S/c15-12(10-5-11(10)13(16)17)14(9-1-2-9)6-8-3-4-18-7-8/h3-4,7,9-11H,1-2,5-6H2,(H,16,17)/t10-,11+/m1/s1. The number of thiophene rings is 1. The van der Waals surface area contributed by atoms with E-state index in [0.29, 0.717) is 19.0 Å². The van der Waals surface area contributed by atoms with Gasteiger partial charge < -0.3 is 10.0 Å². The van der Waals surface area contributed by atoms with Gasteiger partial charge in [0.1, 0.15) is 0 Å². The van der Waals surface area contributed by atoms with E-state index < -0.39 is 11.9 Å². The Morgan fingerprint density at radius 2 is 2.17 bits per heavy atom. The van der Waals surface area contributed by atoms with Gasteiger partial charge in [-0.2, -0.15) is 11.3 Å². The van der Waals surface area contributed by atoms with Crippen molar-refractivity contribution in [3.63, 3.8) is 0 Å². The summed E-state index contributed by atoms with van der Waals surface area (Å²) < 4.78 is 0. The highest BCUT2D eigenvalue weighted by Crippen LogP contribution is 2.42. The highest BCUT2D eigenvalue weighted by Gasteiger charge is 2.51. The van der Waals surface area contributed by atoms with Gasteiger partial charge in [0.25, 0.3) is 0 Å². The average molecular weight is 265 g/mol. The summed E-state index contributed by atoms with van der Waals surface area (Å²) in [5.41, 5.74) is 1.15. The molecule has 1 N–H and O–H groups in total. The van der Waals surface area contributed by atoms with Crippen LogP contribution in [0.25, 0.3) is 0 Å². The van der Waals surface area contributed by atoms with Crippen LogP contribution in [0.15, 0.2) is 16.8 Å². The molecule has 0 aliphatic heterocycles. The molecule has 0 bridgehead atoms. The van der Waals surface area contributed by atoms with E-state index in [4.69, 9.17) is 5.11 Å². The van der Waals surface area contributed by atoms with Crippen LogP contribution in [-0.4, -0.2) is 27.9 Å². The summed E-state index contributed by atoms with van der Waals surface area (Å²) in [6.45, 7) is 0.635. The van der Waals surface area contributed by atoms with Crippen LogP contribution >= 0.6 is 11.3 Å². The van der Waals surface area contributed by atoms with Crippen LogP contribution in [0.5, 0.6) is 0 Å². The van der Waals surface area contributed by atoms with E-state index in [-0.39, 0.29) is 11.8 Å². The molecule has 2 atom stereocenters. The molecular formula is C13H15NO3S. The van der Waals surface area contributed by atoms with Crippen molar-refractivity contribution in [1.29, 1.82) is 0 Å². The van der Waals surface area contributed by atoms with Crippen molar-refractivity contribution >= 4 is 23.2 Å². The zero-order valence-electron chi connectivity index (χ0n) is 9.91. The Balaban J connectivity index is 1.67. The van der Waals surface area contributed by atoms with Gasteiger partial charge >= 0.3 is 5.97 Å². The normalized spacial score (nSPS) is 25.8. The largest absolute Gasteiger partial charge is 0.481 e. The lowest BCUT2D eigenvalue weighted by Crippen LogP contribution is -2.34. The van der Waals surface area contributed by atoms with E-state index in [1.807, 2.05) is 21.7 Å². The summed E-state index contributed by atoms with van der Waals surface area (Å²) in [7, 11) is 0. The number of carbonyl (C=O) groups excluding carboxylic acids is 1. The van der Waals surface area contributed by atoms with Gasteiger partial charge in [0.2, 0.25) is 5.91 Å². The number of nitrogens with zero attached hydrogens (tertiary/aromatic N) is 1. The molecule has 1 aromatic rings. The lowest BCUT2D eigenvalue weighted by Gasteiger charge is -2.22. The maximum atomic E-state index is 12.3. The third-order valence-electron chi connectivity index (χ3n) is 3.63. The minimum atomic E-state index is -0.834. The molecule has 2 aliphatic rings. The lowest BCUT2D eigenvalue weighted by atomic mass is 10.2. The Morgan fingerprint density at radius 3 is 2.67 bits per heavy atom. The molecule has 0 saturated heterocycles. The van der Waals surface area contributed by atoms with Gasteiger partial charge in [-0.05, 0) is 41.7 Å². The van der Waals surface area contributed by atoms with Crippen LogP contribution in [0.1, 0.15) is 24.8 Å². The zero-order chi connectivity index (χ0) is 12.7. The first-order valence-electron chi connectivity index (χ1n) is 6.21. The molecule has 0 spiro atoms. The number of aliphatic carboxylic acids is 1. The fraction of sp³-hybridized carbons (Fsp3) is 0.538. The first-order chi connectivity index (χ1) is 8.66. The summed E-state index contributed by atoms with van der Waals surface area (Å²) in [6, 6.07) is 2.36. The molecule has 0 radical (unpaired) electrons. The Hall–Kier alpha value is -1.36. The first-order valence-corrected chi connectivity index (χ1v) is 7.15. The van der Waals surface area contributed by atoms with Crippen LogP contribution in [-0.2, 0) is 16.1 Å². The fourth-order valence-electron chi connectivity index (χ4n) is 2.31. The average Bonchev–Trinajstić information content (AvgIpc) is 3.24. The number of carboxylic acids is 1. The summed E-state index contributed by atoms with van der Waals surface area (Å²) in [5, 5.41) is 12.9. The molecule has 2 fully saturated rings. The van der Waals surface area contributed by atoms with E-state index in [0.717, 1.165) is 18.4 Å². The predicted molar refractivity (Wildman–Crippen MR) is 67.1 cm³/mol. The number of rotatable bonds is 5. The molecule has 96 valence electrons. The second-order valence-corrected chi connectivity index (χ2v) is 5.90. The third-order valence-corrected chi connectivity index (χ3v) is 4.36. The van der Waals surface area contributed by atoms with Crippen molar-refractivity contribution < 1.29 is 14.7 Å². The van der Waals surface area contributed by atoms with E-state index in [1.165, 1.54) is 0 Å². The molecule has 3 rings (SSSR count). The molecule has 5 heteroatoms. The monoisotopic (exact) mass is 265 g/mol. The summed E-state index contributed by atoms with van der Waals surface area (Å²) in [5.74, 6) is -1.52. The number of hydrogen-bond donors (Lipinski definition) is 1. The third kappa shape index (κ3) is 2.27. The van der Waals surface area contributed by atoms with Gasteiger partial charge in [-0.3, -0.25) is 9.59 Å². The lowest BCUT2D eigenvalue weighted by molar-refractivity contribution is -0.142. The fourth-order valence-corrected chi connectivity index (χ4v) is 2.97. The number of amides is 1. The Bertz CT molecular complexity index is 467. The highest BCUT2D eigenvalue weighted by atomic mass is 32.1. The van der Waals surface area contributed by atoms with E-state index in [9.17, 15) is 9.59 Å². The molecule has 2 saturated carbocycles. The topological polar surface area (TPSA) is 57.6 Å². The summed E-state index contributed by atoms with van der Waals surface area (Å²) in [4.78, 5) is 25.0. The van der Waals surface area contributed by atoms with Crippen molar-refractivity contribution in [3.8, 4) is 0 Å². The van der Waals surface area contributed by atoms with Gasteiger partial charge in [0.05, 0.1) is 11.8 Å². The second-order valence-electron chi connectivity index (χ2n) is 5.12. The minimum Gasteiger partial charge on any atom is -0.481 e. The maximum absolute atomic E-state index is 12.3. The van der Waals surface area contributed by atoms with Crippen LogP contribution < -0.4 is 0 Å². The Morgan fingerprint density at radius 1 is 1.39 bits per heavy atom. The van der Waals surface area contributed by atoms with E-state index >= 15 is 0 Å². The van der Waals surface area contributed by atoms with Crippen molar-refractivity contribution in [3.05, 3.63) is 22.4 Å².